The summed E-state index contributed by atoms with van der Waals surface area (Å²) in [6.07, 6.45) is 0. The zero-order valence-corrected chi connectivity index (χ0v) is 18.7. The molecule has 0 aromatic heterocycles. The molecule has 0 bridgehead atoms. The molecule has 1 N–H and O–H groups in total. The molecule has 0 heterocycles. The molecule has 3 rings (SSSR count). The normalized spacial score (nSPS) is 12.1. The van der Waals surface area contributed by atoms with Gasteiger partial charge in [0.2, 0.25) is 5.91 Å². The van der Waals surface area contributed by atoms with Gasteiger partial charge in [0.1, 0.15) is 18.1 Å². The Morgan fingerprint density at radius 2 is 1.62 bits per heavy atom. The van der Waals surface area contributed by atoms with Crippen LogP contribution >= 0.6 is 0 Å². The Bertz CT molecular complexity index is 1130. The summed E-state index contributed by atoms with van der Waals surface area (Å²) in [7, 11) is -4.04. The standard InChI is InChI=1S/C24H25FN2O4S/c1-3-31-22-15-9-19(10-16-22)18(2)26-24(28)17-27(21-13-11-20(25)12-14-21)32(29,30)23-7-5-4-6-8-23/h4-16,18H,3,17H2,1-2H3,(H,26,28)/t18-/m0/s1. The van der Waals surface area contributed by atoms with Crippen LogP contribution in [0, 0.1) is 5.82 Å². The van der Waals surface area contributed by atoms with Crippen molar-refractivity contribution in [1.29, 1.82) is 0 Å². The Labute approximate surface area is 187 Å². The van der Waals surface area contributed by atoms with Crippen LogP contribution in [0.25, 0.3) is 0 Å². The Morgan fingerprint density at radius 3 is 2.22 bits per heavy atom. The van der Waals surface area contributed by atoms with E-state index < -0.39 is 28.3 Å². The average Bonchev–Trinajstić information content (AvgIpc) is 2.79. The van der Waals surface area contributed by atoms with Crippen molar-refractivity contribution < 1.29 is 22.3 Å². The molecule has 0 spiro atoms. The highest BCUT2D eigenvalue weighted by molar-refractivity contribution is 7.92. The van der Waals surface area contributed by atoms with E-state index in [2.05, 4.69) is 5.32 Å². The van der Waals surface area contributed by atoms with Crippen molar-refractivity contribution in [1.82, 2.24) is 5.32 Å². The zero-order chi connectivity index (χ0) is 23.1. The number of halogens is 1. The molecule has 0 fully saturated rings. The fourth-order valence-corrected chi connectivity index (χ4v) is 4.60. The molecule has 3 aromatic carbocycles. The number of ether oxygens (including phenoxy) is 1. The third-order valence-corrected chi connectivity index (χ3v) is 6.59. The summed E-state index contributed by atoms with van der Waals surface area (Å²) in [6, 6.07) is 19.7. The van der Waals surface area contributed by atoms with E-state index >= 15 is 0 Å². The fourth-order valence-electron chi connectivity index (χ4n) is 3.16. The number of anilines is 1. The number of hydrogen-bond acceptors (Lipinski definition) is 4. The van der Waals surface area contributed by atoms with Crippen LogP contribution in [-0.4, -0.2) is 27.5 Å². The molecule has 0 aliphatic heterocycles. The molecule has 1 atom stereocenters. The quantitative estimate of drug-likeness (QED) is 0.521. The third-order valence-electron chi connectivity index (χ3n) is 4.80. The minimum atomic E-state index is -4.04. The Kier molecular flexibility index (Phi) is 7.48. The number of hydrogen-bond donors (Lipinski definition) is 1. The van der Waals surface area contributed by atoms with Gasteiger partial charge in [0.15, 0.2) is 0 Å². The first-order valence-corrected chi connectivity index (χ1v) is 11.6. The number of carbonyl (C=O) groups excluding carboxylic acids is 1. The van der Waals surface area contributed by atoms with Crippen LogP contribution in [0.15, 0.2) is 83.8 Å². The van der Waals surface area contributed by atoms with E-state index in [1.54, 1.807) is 18.2 Å². The maximum atomic E-state index is 13.4. The van der Waals surface area contributed by atoms with Crippen LogP contribution < -0.4 is 14.4 Å². The molecule has 32 heavy (non-hydrogen) atoms. The first-order valence-electron chi connectivity index (χ1n) is 10.2. The summed E-state index contributed by atoms with van der Waals surface area (Å²) in [4.78, 5) is 12.8. The monoisotopic (exact) mass is 456 g/mol. The molecule has 0 unspecified atom stereocenters. The number of benzene rings is 3. The van der Waals surface area contributed by atoms with Gasteiger partial charge < -0.3 is 10.1 Å². The molecule has 3 aromatic rings. The first-order chi connectivity index (χ1) is 15.3. The largest absolute Gasteiger partial charge is 0.494 e. The highest BCUT2D eigenvalue weighted by Gasteiger charge is 2.27. The van der Waals surface area contributed by atoms with Crippen molar-refractivity contribution in [2.45, 2.75) is 24.8 Å². The minimum Gasteiger partial charge on any atom is -0.494 e. The van der Waals surface area contributed by atoms with Crippen molar-refractivity contribution in [3.63, 3.8) is 0 Å². The zero-order valence-electron chi connectivity index (χ0n) is 17.9. The Morgan fingerprint density at radius 1 is 1.00 bits per heavy atom. The molecular formula is C24H25FN2O4S. The van der Waals surface area contributed by atoms with Crippen LogP contribution in [0.3, 0.4) is 0 Å². The van der Waals surface area contributed by atoms with Crippen LogP contribution in [-0.2, 0) is 14.8 Å². The van der Waals surface area contributed by atoms with Gasteiger partial charge in [-0.15, -0.1) is 0 Å². The number of nitrogens with one attached hydrogen (secondary N) is 1. The molecule has 0 saturated heterocycles. The summed E-state index contributed by atoms with van der Waals surface area (Å²) >= 11 is 0. The van der Waals surface area contributed by atoms with Gasteiger partial charge in [-0.05, 0) is 67.9 Å². The lowest BCUT2D eigenvalue weighted by atomic mass is 10.1. The van der Waals surface area contributed by atoms with Crippen molar-refractivity contribution in [3.05, 3.63) is 90.2 Å². The topological polar surface area (TPSA) is 75.7 Å². The second-order valence-corrected chi connectivity index (χ2v) is 8.95. The van der Waals surface area contributed by atoms with Crippen LogP contribution in [0.2, 0.25) is 0 Å². The molecule has 0 aliphatic rings. The van der Waals surface area contributed by atoms with E-state index in [1.165, 1.54) is 24.3 Å². The van der Waals surface area contributed by atoms with Gasteiger partial charge in [-0.1, -0.05) is 30.3 Å². The lowest BCUT2D eigenvalue weighted by Crippen LogP contribution is -2.41. The van der Waals surface area contributed by atoms with E-state index in [9.17, 15) is 17.6 Å². The summed E-state index contributed by atoms with van der Waals surface area (Å²) in [5.41, 5.74) is 1.04. The number of carbonyl (C=O) groups is 1. The van der Waals surface area contributed by atoms with Crippen molar-refractivity contribution in [3.8, 4) is 5.75 Å². The lowest BCUT2D eigenvalue weighted by Gasteiger charge is -2.25. The predicted molar refractivity (Wildman–Crippen MR) is 122 cm³/mol. The lowest BCUT2D eigenvalue weighted by molar-refractivity contribution is -0.120. The molecule has 0 radical (unpaired) electrons. The summed E-state index contributed by atoms with van der Waals surface area (Å²) in [5, 5.41) is 2.82. The van der Waals surface area contributed by atoms with Crippen molar-refractivity contribution >= 4 is 21.6 Å². The van der Waals surface area contributed by atoms with Gasteiger partial charge in [-0.3, -0.25) is 9.10 Å². The van der Waals surface area contributed by atoms with Gasteiger partial charge in [-0.2, -0.15) is 0 Å². The molecule has 168 valence electrons. The number of amides is 1. The van der Waals surface area contributed by atoms with E-state index in [4.69, 9.17) is 4.74 Å². The second-order valence-electron chi connectivity index (χ2n) is 7.09. The van der Waals surface area contributed by atoms with E-state index in [0.29, 0.717) is 6.61 Å². The van der Waals surface area contributed by atoms with Gasteiger partial charge >= 0.3 is 0 Å². The average molecular weight is 457 g/mol. The highest BCUT2D eigenvalue weighted by atomic mass is 32.2. The van der Waals surface area contributed by atoms with Crippen molar-refractivity contribution in [2.75, 3.05) is 17.5 Å². The fraction of sp³-hybridized carbons (Fsp3) is 0.208. The Balaban J connectivity index is 1.81. The van der Waals surface area contributed by atoms with Crippen LogP contribution in [0.1, 0.15) is 25.5 Å². The van der Waals surface area contributed by atoms with Crippen LogP contribution in [0.5, 0.6) is 5.75 Å². The van der Waals surface area contributed by atoms with Gasteiger partial charge in [0.25, 0.3) is 10.0 Å². The maximum Gasteiger partial charge on any atom is 0.264 e. The van der Waals surface area contributed by atoms with E-state index in [0.717, 1.165) is 27.8 Å². The SMILES string of the molecule is CCOc1ccc([C@H](C)NC(=O)CN(c2ccc(F)cc2)S(=O)(=O)c2ccccc2)cc1. The molecule has 6 nitrogen and oxygen atoms in total. The minimum absolute atomic E-state index is 0.0386. The maximum absolute atomic E-state index is 13.4. The summed E-state index contributed by atoms with van der Waals surface area (Å²) in [6.45, 7) is 3.81. The Hall–Kier alpha value is -3.39. The van der Waals surface area contributed by atoms with Gasteiger partial charge in [0, 0.05) is 0 Å². The number of rotatable bonds is 9. The second kappa shape index (κ2) is 10.3. The molecule has 8 heteroatoms. The summed E-state index contributed by atoms with van der Waals surface area (Å²) in [5.74, 6) is -0.263. The molecule has 0 aliphatic carbocycles. The van der Waals surface area contributed by atoms with E-state index in [-0.39, 0.29) is 16.6 Å². The molecule has 0 saturated carbocycles. The van der Waals surface area contributed by atoms with Crippen LogP contribution in [0.4, 0.5) is 10.1 Å². The van der Waals surface area contributed by atoms with Gasteiger partial charge in [0.05, 0.1) is 23.2 Å². The smallest absolute Gasteiger partial charge is 0.264 e. The number of sulfonamides is 1. The molecule has 1 amide bonds. The van der Waals surface area contributed by atoms with Gasteiger partial charge in [-0.25, -0.2) is 12.8 Å². The van der Waals surface area contributed by atoms with E-state index in [1.807, 2.05) is 38.1 Å². The summed E-state index contributed by atoms with van der Waals surface area (Å²) < 4.78 is 46.3. The molecular weight excluding hydrogens is 431 g/mol. The van der Waals surface area contributed by atoms with Crippen molar-refractivity contribution in [2.24, 2.45) is 0 Å². The highest BCUT2D eigenvalue weighted by Crippen LogP contribution is 2.24. The predicted octanol–water partition coefficient (Wildman–Crippen LogP) is 4.30. The first kappa shape index (κ1) is 23.3. The number of nitrogens with zero attached hydrogens (tertiary/aromatic N) is 1. The third kappa shape index (κ3) is 5.64.